The molecule has 1 aliphatic rings. The quantitative estimate of drug-likeness (QED) is 0.920. The van der Waals surface area contributed by atoms with Gasteiger partial charge in [0.1, 0.15) is 5.41 Å². The molecule has 132 valence electrons. The lowest BCUT2D eigenvalue weighted by molar-refractivity contribution is -0.155. The number of methoxy groups -OCH3 is 1. The Morgan fingerprint density at radius 3 is 2.38 bits per heavy atom. The average Bonchev–Trinajstić information content (AvgIpc) is 2.54. The Morgan fingerprint density at radius 2 is 1.88 bits per heavy atom. The number of likely N-dealkylation sites (tertiary alicyclic amines) is 1. The molecule has 1 N–H and O–H groups in total. The summed E-state index contributed by atoms with van der Waals surface area (Å²) >= 11 is 0. The van der Waals surface area contributed by atoms with Gasteiger partial charge in [-0.15, -0.1) is 0 Å². The number of aliphatic carboxylic acids is 1. The molecule has 0 bridgehead atoms. The van der Waals surface area contributed by atoms with E-state index in [0.717, 1.165) is 5.56 Å². The van der Waals surface area contributed by atoms with Crippen LogP contribution in [0.2, 0.25) is 0 Å². The van der Waals surface area contributed by atoms with Gasteiger partial charge in [-0.2, -0.15) is 0 Å². The lowest BCUT2D eigenvalue weighted by Gasteiger charge is -2.39. The minimum atomic E-state index is -1.01. The molecule has 1 aliphatic heterocycles. The lowest BCUT2D eigenvalue weighted by Crippen LogP contribution is -2.52. The van der Waals surface area contributed by atoms with Gasteiger partial charge >= 0.3 is 5.97 Å². The van der Waals surface area contributed by atoms with Gasteiger partial charge in [-0.25, -0.2) is 0 Å². The highest BCUT2D eigenvalue weighted by Gasteiger charge is 2.44. The minimum absolute atomic E-state index is 0.0314. The minimum Gasteiger partial charge on any atom is -0.481 e. The zero-order chi connectivity index (χ0) is 18.0. The first-order valence-corrected chi connectivity index (χ1v) is 8.32. The summed E-state index contributed by atoms with van der Waals surface area (Å²) in [6.07, 6.45) is 1.20. The van der Waals surface area contributed by atoms with Gasteiger partial charge < -0.3 is 14.7 Å². The van der Waals surface area contributed by atoms with Gasteiger partial charge in [0, 0.05) is 25.8 Å². The molecule has 24 heavy (non-hydrogen) atoms. The van der Waals surface area contributed by atoms with E-state index in [1.54, 1.807) is 4.90 Å². The summed E-state index contributed by atoms with van der Waals surface area (Å²) in [5.41, 5.74) is 0.788. The maximum Gasteiger partial charge on any atom is 0.313 e. The van der Waals surface area contributed by atoms with Gasteiger partial charge in [0.05, 0.1) is 6.61 Å². The van der Waals surface area contributed by atoms with E-state index >= 15 is 0 Å². The number of hydrogen-bond acceptors (Lipinski definition) is 3. The Bertz CT molecular complexity index is 599. The van der Waals surface area contributed by atoms with Gasteiger partial charge in [0.2, 0.25) is 0 Å². The second-order valence-electron chi connectivity index (χ2n) is 7.68. The Hall–Kier alpha value is -1.88. The second kappa shape index (κ2) is 6.93. The van der Waals surface area contributed by atoms with Gasteiger partial charge in [-0.3, -0.25) is 9.59 Å². The number of hydrogen-bond donors (Lipinski definition) is 1. The van der Waals surface area contributed by atoms with Gasteiger partial charge in [0.15, 0.2) is 0 Å². The molecule has 0 aliphatic carbocycles. The predicted molar refractivity (Wildman–Crippen MR) is 92.2 cm³/mol. The number of benzene rings is 1. The van der Waals surface area contributed by atoms with Gasteiger partial charge in [-0.1, -0.05) is 32.9 Å². The van der Waals surface area contributed by atoms with Crippen molar-refractivity contribution in [1.29, 1.82) is 0 Å². The number of carbonyl (C=O) groups is 2. The van der Waals surface area contributed by atoms with Crippen molar-refractivity contribution in [3.8, 4) is 0 Å². The van der Waals surface area contributed by atoms with Crippen LogP contribution in [-0.4, -0.2) is 48.7 Å². The van der Waals surface area contributed by atoms with Crippen LogP contribution in [0.5, 0.6) is 0 Å². The fraction of sp³-hybridized carbons (Fsp3) is 0.579. The van der Waals surface area contributed by atoms with Crippen molar-refractivity contribution in [3.63, 3.8) is 0 Å². The normalized spacial score (nSPS) is 21.6. The molecule has 1 saturated heterocycles. The zero-order valence-corrected chi connectivity index (χ0v) is 15.0. The third-order valence-corrected chi connectivity index (χ3v) is 4.74. The molecule has 1 heterocycles. The SMILES string of the molecule is COCC1(C(=O)O)CCCN(C(=O)c2ccc(C(C)(C)C)cc2)C1. The van der Waals surface area contributed by atoms with E-state index in [0.29, 0.717) is 24.9 Å². The van der Waals surface area contributed by atoms with Crippen molar-refractivity contribution in [2.24, 2.45) is 5.41 Å². The maximum absolute atomic E-state index is 12.8. The van der Waals surface area contributed by atoms with Crippen molar-refractivity contribution < 1.29 is 19.4 Å². The summed E-state index contributed by atoms with van der Waals surface area (Å²) in [5.74, 6) is -1.01. The van der Waals surface area contributed by atoms with Gasteiger partial charge in [0.25, 0.3) is 5.91 Å². The summed E-state index contributed by atoms with van der Waals surface area (Å²) in [4.78, 5) is 26.1. The second-order valence-corrected chi connectivity index (χ2v) is 7.68. The van der Waals surface area contributed by atoms with E-state index in [4.69, 9.17) is 4.74 Å². The van der Waals surface area contributed by atoms with Crippen molar-refractivity contribution >= 4 is 11.9 Å². The predicted octanol–water partition coefficient (Wildman–Crippen LogP) is 2.94. The first-order chi connectivity index (χ1) is 11.2. The summed E-state index contributed by atoms with van der Waals surface area (Å²) in [7, 11) is 1.50. The van der Waals surface area contributed by atoms with Crippen LogP contribution in [0.3, 0.4) is 0 Å². The summed E-state index contributed by atoms with van der Waals surface area (Å²) in [6, 6.07) is 7.60. The topological polar surface area (TPSA) is 66.8 Å². The molecule has 1 fully saturated rings. The lowest BCUT2D eigenvalue weighted by atomic mass is 9.80. The van der Waals surface area contributed by atoms with Crippen LogP contribution in [0, 0.1) is 5.41 Å². The van der Waals surface area contributed by atoms with E-state index in [1.807, 2.05) is 24.3 Å². The molecule has 0 saturated carbocycles. The van der Waals surface area contributed by atoms with Crippen LogP contribution < -0.4 is 0 Å². The highest BCUT2D eigenvalue weighted by molar-refractivity contribution is 5.94. The standard InChI is InChI=1S/C19H27NO4/c1-18(2,3)15-8-6-14(7-9-15)16(21)20-11-5-10-19(12-20,13-24-4)17(22)23/h6-9H,5,10-13H2,1-4H3,(H,22,23). The fourth-order valence-electron chi connectivity index (χ4n) is 3.23. The third-order valence-electron chi connectivity index (χ3n) is 4.74. The Labute approximate surface area is 143 Å². The molecule has 5 heteroatoms. The molecule has 5 nitrogen and oxygen atoms in total. The van der Waals surface area contributed by atoms with E-state index < -0.39 is 11.4 Å². The molecule has 0 aromatic heterocycles. The van der Waals surface area contributed by atoms with Crippen LogP contribution in [-0.2, 0) is 14.9 Å². The molecule has 2 rings (SSSR count). The fourth-order valence-corrected chi connectivity index (χ4v) is 3.23. The number of carboxylic acid groups (broad SMARTS) is 1. The van der Waals surface area contributed by atoms with Crippen LogP contribution >= 0.6 is 0 Å². The molecule has 1 atom stereocenters. The van der Waals surface area contributed by atoms with E-state index in [-0.39, 0.29) is 24.5 Å². The van der Waals surface area contributed by atoms with Crippen LogP contribution in [0.15, 0.2) is 24.3 Å². The first kappa shape index (κ1) is 18.5. The van der Waals surface area contributed by atoms with E-state index in [2.05, 4.69) is 20.8 Å². The molecule has 1 aromatic rings. The number of ether oxygens (including phenoxy) is 1. The summed E-state index contributed by atoms with van der Waals surface area (Å²) in [6.45, 7) is 7.27. The van der Waals surface area contributed by atoms with Crippen LogP contribution in [0.1, 0.15) is 49.5 Å². The van der Waals surface area contributed by atoms with E-state index in [1.165, 1.54) is 7.11 Å². The monoisotopic (exact) mass is 333 g/mol. The van der Waals surface area contributed by atoms with E-state index in [9.17, 15) is 14.7 Å². The van der Waals surface area contributed by atoms with Gasteiger partial charge in [-0.05, 0) is 36.0 Å². The molecule has 1 unspecified atom stereocenters. The number of amides is 1. The summed E-state index contributed by atoms with van der Waals surface area (Å²) in [5, 5.41) is 9.60. The Balaban J connectivity index is 2.18. The van der Waals surface area contributed by atoms with Crippen LogP contribution in [0.4, 0.5) is 0 Å². The first-order valence-electron chi connectivity index (χ1n) is 8.32. The smallest absolute Gasteiger partial charge is 0.313 e. The number of rotatable bonds is 4. The Kier molecular flexibility index (Phi) is 5.33. The molecular weight excluding hydrogens is 306 g/mol. The molecule has 0 radical (unpaired) electrons. The van der Waals surface area contributed by atoms with Crippen molar-refractivity contribution in [1.82, 2.24) is 4.90 Å². The largest absolute Gasteiger partial charge is 0.481 e. The summed E-state index contributed by atoms with van der Waals surface area (Å²) < 4.78 is 5.11. The van der Waals surface area contributed by atoms with Crippen molar-refractivity contribution in [2.45, 2.75) is 39.0 Å². The molecule has 0 spiro atoms. The average molecular weight is 333 g/mol. The third kappa shape index (κ3) is 3.78. The molecule has 1 amide bonds. The van der Waals surface area contributed by atoms with Crippen molar-refractivity contribution in [2.75, 3.05) is 26.8 Å². The number of carboxylic acids is 1. The molecule has 1 aromatic carbocycles. The zero-order valence-electron chi connectivity index (χ0n) is 15.0. The maximum atomic E-state index is 12.8. The number of carbonyl (C=O) groups excluding carboxylic acids is 1. The highest BCUT2D eigenvalue weighted by atomic mass is 16.5. The Morgan fingerprint density at radius 1 is 1.25 bits per heavy atom. The van der Waals surface area contributed by atoms with Crippen LogP contribution in [0.25, 0.3) is 0 Å². The number of nitrogens with zero attached hydrogens (tertiary/aromatic N) is 1. The number of piperidine rings is 1. The highest BCUT2D eigenvalue weighted by Crippen LogP contribution is 2.32. The molecular formula is C19H27NO4. The van der Waals surface area contributed by atoms with Crippen molar-refractivity contribution in [3.05, 3.63) is 35.4 Å².